The molecule has 0 spiro atoms. The maximum Gasteiger partial charge on any atom is 0.222 e. The summed E-state index contributed by atoms with van der Waals surface area (Å²) in [5, 5.41) is 0. The Bertz CT molecular complexity index is 303. The standard InChI is InChI=1S/C15H28N2O/c1-10(2)6-11(3)7-15(18)17-8-12-4-5-14(16)13(12)9-17/h10-14H,4-9,16H2,1-3H3. The Morgan fingerprint density at radius 1 is 1.28 bits per heavy atom. The minimum atomic E-state index is 0.334. The summed E-state index contributed by atoms with van der Waals surface area (Å²) in [4.78, 5) is 14.3. The van der Waals surface area contributed by atoms with Crippen LogP contribution in [0.1, 0.15) is 46.5 Å². The highest BCUT2D eigenvalue weighted by Gasteiger charge is 2.42. The number of nitrogens with zero attached hydrogens (tertiary/aromatic N) is 1. The highest BCUT2D eigenvalue weighted by Crippen LogP contribution is 2.37. The minimum Gasteiger partial charge on any atom is -0.342 e. The summed E-state index contributed by atoms with van der Waals surface area (Å²) in [6.45, 7) is 8.52. The van der Waals surface area contributed by atoms with Gasteiger partial charge in [-0.25, -0.2) is 0 Å². The van der Waals surface area contributed by atoms with Gasteiger partial charge in [-0.2, -0.15) is 0 Å². The van der Waals surface area contributed by atoms with Gasteiger partial charge in [-0.15, -0.1) is 0 Å². The van der Waals surface area contributed by atoms with Crippen molar-refractivity contribution in [2.24, 2.45) is 29.4 Å². The smallest absolute Gasteiger partial charge is 0.222 e. The normalized spacial score (nSPS) is 32.9. The van der Waals surface area contributed by atoms with E-state index in [0.717, 1.165) is 25.9 Å². The molecule has 2 rings (SSSR count). The van der Waals surface area contributed by atoms with Crippen LogP contribution in [0.25, 0.3) is 0 Å². The highest BCUT2D eigenvalue weighted by molar-refractivity contribution is 5.76. The van der Waals surface area contributed by atoms with Crippen molar-refractivity contribution in [3.8, 4) is 0 Å². The van der Waals surface area contributed by atoms with Gasteiger partial charge >= 0.3 is 0 Å². The number of likely N-dealkylation sites (tertiary alicyclic amines) is 1. The van der Waals surface area contributed by atoms with Gasteiger partial charge in [0.1, 0.15) is 0 Å². The molecule has 2 fully saturated rings. The zero-order valence-corrected chi connectivity index (χ0v) is 12.1. The largest absolute Gasteiger partial charge is 0.342 e. The topological polar surface area (TPSA) is 46.3 Å². The Kier molecular flexibility index (Phi) is 4.31. The van der Waals surface area contributed by atoms with Crippen LogP contribution >= 0.6 is 0 Å². The third kappa shape index (κ3) is 3.05. The van der Waals surface area contributed by atoms with E-state index in [2.05, 4.69) is 25.7 Å². The van der Waals surface area contributed by atoms with Gasteiger partial charge in [0.15, 0.2) is 0 Å². The van der Waals surface area contributed by atoms with E-state index in [9.17, 15) is 4.79 Å². The van der Waals surface area contributed by atoms with E-state index in [-0.39, 0.29) is 0 Å². The number of carbonyl (C=O) groups excluding carboxylic acids is 1. The fourth-order valence-corrected chi connectivity index (χ4v) is 3.83. The first kappa shape index (κ1) is 13.9. The van der Waals surface area contributed by atoms with Crippen LogP contribution < -0.4 is 5.73 Å². The minimum absolute atomic E-state index is 0.334. The van der Waals surface area contributed by atoms with Crippen molar-refractivity contribution in [1.29, 1.82) is 0 Å². The SMILES string of the molecule is CC(C)CC(C)CC(=O)N1CC2CCC(N)C2C1. The second kappa shape index (κ2) is 5.60. The lowest BCUT2D eigenvalue weighted by Crippen LogP contribution is -2.34. The van der Waals surface area contributed by atoms with Gasteiger partial charge in [-0.1, -0.05) is 20.8 Å². The van der Waals surface area contributed by atoms with Crippen molar-refractivity contribution in [3.05, 3.63) is 0 Å². The quantitative estimate of drug-likeness (QED) is 0.834. The number of nitrogens with two attached hydrogens (primary N) is 1. The average molecular weight is 252 g/mol. The maximum atomic E-state index is 12.3. The second-order valence-electron chi connectivity index (χ2n) is 6.90. The number of carbonyl (C=O) groups is 1. The average Bonchev–Trinajstić information content (AvgIpc) is 2.80. The van der Waals surface area contributed by atoms with Crippen molar-refractivity contribution in [1.82, 2.24) is 4.90 Å². The number of fused-ring (bicyclic) bond motifs is 1. The van der Waals surface area contributed by atoms with Gasteiger partial charge in [0.25, 0.3) is 0 Å². The van der Waals surface area contributed by atoms with Crippen LogP contribution in [0.15, 0.2) is 0 Å². The highest BCUT2D eigenvalue weighted by atomic mass is 16.2. The number of amides is 1. The van der Waals surface area contributed by atoms with E-state index in [1.165, 1.54) is 6.42 Å². The van der Waals surface area contributed by atoms with E-state index in [0.29, 0.717) is 42.0 Å². The van der Waals surface area contributed by atoms with Crippen LogP contribution in [0.3, 0.4) is 0 Å². The molecule has 1 saturated heterocycles. The summed E-state index contributed by atoms with van der Waals surface area (Å²) in [5.74, 6) is 2.80. The molecular formula is C15H28N2O. The molecule has 1 heterocycles. The molecule has 0 aromatic rings. The first-order valence-electron chi connectivity index (χ1n) is 7.50. The molecule has 18 heavy (non-hydrogen) atoms. The van der Waals surface area contributed by atoms with Crippen LogP contribution in [-0.4, -0.2) is 29.9 Å². The Hall–Kier alpha value is -0.570. The fraction of sp³-hybridized carbons (Fsp3) is 0.933. The van der Waals surface area contributed by atoms with Gasteiger partial charge in [0.2, 0.25) is 5.91 Å². The molecule has 4 unspecified atom stereocenters. The Labute approximate surface area is 111 Å². The molecule has 0 aromatic carbocycles. The monoisotopic (exact) mass is 252 g/mol. The number of hydrogen-bond donors (Lipinski definition) is 1. The predicted molar refractivity (Wildman–Crippen MR) is 74.0 cm³/mol. The molecule has 2 N–H and O–H groups in total. The summed E-state index contributed by atoms with van der Waals surface area (Å²) in [6, 6.07) is 0.334. The predicted octanol–water partition coefficient (Wildman–Crippen LogP) is 2.25. The van der Waals surface area contributed by atoms with Gasteiger partial charge in [-0.05, 0) is 42.9 Å². The van der Waals surface area contributed by atoms with Crippen LogP contribution in [0.2, 0.25) is 0 Å². The lowest BCUT2D eigenvalue weighted by Gasteiger charge is -2.21. The molecule has 2 aliphatic rings. The third-order valence-electron chi connectivity index (χ3n) is 4.66. The zero-order chi connectivity index (χ0) is 13.3. The molecule has 104 valence electrons. The molecule has 1 saturated carbocycles. The van der Waals surface area contributed by atoms with Crippen LogP contribution in [0.4, 0.5) is 0 Å². The van der Waals surface area contributed by atoms with Crippen molar-refractivity contribution in [3.63, 3.8) is 0 Å². The lowest BCUT2D eigenvalue weighted by molar-refractivity contribution is -0.131. The molecule has 0 aromatic heterocycles. The molecule has 1 amide bonds. The van der Waals surface area contributed by atoms with Crippen LogP contribution in [-0.2, 0) is 4.79 Å². The van der Waals surface area contributed by atoms with E-state index < -0.39 is 0 Å². The summed E-state index contributed by atoms with van der Waals surface area (Å²) in [5.41, 5.74) is 6.11. The first-order valence-corrected chi connectivity index (χ1v) is 7.50. The lowest BCUT2D eigenvalue weighted by atomic mass is 9.95. The molecule has 1 aliphatic heterocycles. The summed E-state index contributed by atoms with van der Waals surface area (Å²) in [6.07, 6.45) is 4.23. The van der Waals surface area contributed by atoms with Gasteiger partial charge in [-0.3, -0.25) is 4.79 Å². The number of hydrogen-bond acceptors (Lipinski definition) is 2. The summed E-state index contributed by atoms with van der Waals surface area (Å²) in [7, 11) is 0. The van der Waals surface area contributed by atoms with E-state index in [1.807, 2.05) is 0 Å². The van der Waals surface area contributed by atoms with Crippen molar-refractivity contribution in [2.75, 3.05) is 13.1 Å². The molecule has 4 atom stereocenters. The third-order valence-corrected chi connectivity index (χ3v) is 4.66. The fourth-order valence-electron chi connectivity index (χ4n) is 3.83. The van der Waals surface area contributed by atoms with Gasteiger partial charge in [0, 0.05) is 25.6 Å². The van der Waals surface area contributed by atoms with Gasteiger partial charge in [0.05, 0.1) is 0 Å². The Morgan fingerprint density at radius 2 is 2.00 bits per heavy atom. The molecule has 0 bridgehead atoms. The van der Waals surface area contributed by atoms with E-state index in [1.54, 1.807) is 0 Å². The van der Waals surface area contributed by atoms with E-state index in [4.69, 9.17) is 5.73 Å². The Balaban J connectivity index is 1.81. The molecule has 0 radical (unpaired) electrons. The van der Waals surface area contributed by atoms with Crippen molar-refractivity contribution < 1.29 is 4.79 Å². The van der Waals surface area contributed by atoms with E-state index >= 15 is 0 Å². The van der Waals surface area contributed by atoms with Gasteiger partial charge < -0.3 is 10.6 Å². The molecule has 3 heteroatoms. The zero-order valence-electron chi connectivity index (χ0n) is 12.1. The summed E-state index contributed by atoms with van der Waals surface area (Å²) >= 11 is 0. The second-order valence-corrected chi connectivity index (χ2v) is 6.90. The van der Waals surface area contributed by atoms with Crippen molar-refractivity contribution in [2.45, 2.75) is 52.5 Å². The number of rotatable bonds is 4. The van der Waals surface area contributed by atoms with Crippen LogP contribution in [0.5, 0.6) is 0 Å². The first-order chi connectivity index (χ1) is 8.47. The maximum absolute atomic E-state index is 12.3. The molecule has 3 nitrogen and oxygen atoms in total. The summed E-state index contributed by atoms with van der Waals surface area (Å²) < 4.78 is 0. The van der Waals surface area contributed by atoms with Crippen molar-refractivity contribution >= 4 is 5.91 Å². The Morgan fingerprint density at radius 3 is 2.61 bits per heavy atom. The molecule has 1 aliphatic carbocycles. The molecular weight excluding hydrogens is 224 g/mol. The van der Waals surface area contributed by atoms with Crippen LogP contribution in [0, 0.1) is 23.7 Å².